The second-order valence-corrected chi connectivity index (χ2v) is 7.30. The number of aromatic nitrogens is 2. The van der Waals surface area contributed by atoms with Crippen molar-refractivity contribution >= 4 is 33.0 Å². The van der Waals surface area contributed by atoms with Gasteiger partial charge in [-0.15, -0.1) is 0 Å². The van der Waals surface area contributed by atoms with Gasteiger partial charge in [0.1, 0.15) is 11.1 Å². The van der Waals surface area contributed by atoms with E-state index in [9.17, 15) is 0 Å². The molecule has 0 unspecified atom stereocenters. The van der Waals surface area contributed by atoms with E-state index in [0.29, 0.717) is 0 Å². The maximum absolute atomic E-state index is 6.36. The minimum Gasteiger partial charge on any atom is -0.455 e. The number of rotatable bonds is 1. The van der Waals surface area contributed by atoms with Crippen LogP contribution in [-0.4, -0.2) is 4.57 Å². The number of fused-ring (bicyclic) bond motifs is 3. The zero-order valence-electron chi connectivity index (χ0n) is 14.9. The second kappa shape index (κ2) is 4.76. The van der Waals surface area contributed by atoms with Crippen molar-refractivity contribution < 1.29 is 8.98 Å². The Hall–Kier alpha value is -3.07. The summed E-state index contributed by atoms with van der Waals surface area (Å²) in [6.07, 6.45) is 1.11. The molecule has 0 aliphatic carbocycles. The summed E-state index contributed by atoms with van der Waals surface area (Å²) in [6.45, 7) is 3.21. The van der Waals surface area contributed by atoms with E-state index in [1.165, 1.54) is 44.3 Å². The lowest BCUT2D eigenvalue weighted by Crippen LogP contribution is -2.33. The van der Waals surface area contributed by atoms with Crippen LogP contribution >= 0.6 is 0 Å². The van der Waals surface area contributed by atoms with E-state index in [1.807, 2.05) is 6.07 Å². The average molecular weight is 339 g/mol. The summed E-state index contributed by atoms with van der Waals surface area (Å²) in [5.74, 6) is 1.24. The number of imidazole rings is 1. The van der Waals surface area contributed by atoms with Gasteiger partial charge in [-0.1, -0.05) is 42.5 Å². The minimum absolute atomic E-state index is 0.954. The second-order valence-electron chi connectivity index (χ2n) is 7.30. The molecule has 0 amide bonds. The molecule has 3 nitrogen and oxygen atoms in total. The van der Waals surface area contributed by atoms with Crippen molar-refractivity contribution in [1.82, 2.24) is 4.57 Å². The lowest BCUT2D eigenvalue weighted by atomic mass is 10.0. The number of hydrogen-bond acceptors (Lipinski definition) is 1. The van der Waals surface area contributed by atoms with Crippen LogP contribution in [0.2, 0.25) is 0 Å². The summed E-state index contributed by atoms with van der Waals surface area (Å²) in [7, 11) is 2.17. The van der Waals surface area contributed by atoms with Crippen molar-refractivity contribution in [1.29, 1.82) is 0 Å². The topological polar surface area (TPSA) is 21.9 Å². The molecule has 0 N–H and O–H groups in total. The van der Waals surface area contributed by atoms with Crippen LogP contribution in [0.25, 0.3) is 44.4 Å². The third kappa shape index (κ3) is 1.61. The molecule has 0 radical (unpaired) electrons. The Morgan fingerprint density at radius 2 is 1.85 bits per heavy atom. The molecule has 3 heterocycles. The Kier molecular flexibility index (Phi) is 2.59. The molecule has 0 fully saturated rings. The summed E-state index contributed by atoms with van der Waals surface area (Å²) >= 11 is 0. The molecule has 3 aromatic carbocycles. The molecule has 0 saturated heterocycles. The van der Waals surface area contributed by atoms with E-state index >= 15 is 0 Å². The number of para-hydroxylation sites is 2. The molecule has 0 atom stereocenters. The van der Waals surface area contributed by atoms with Crippen molar-refractivity contribution in [3.63, 3.8) is 0 Å². The number of nitrogens with zero attached hydrogens (tertiary/aromatic N) is 2. The first kappa shape index (κ1) is 14.1. The molecule has 5 aromatic rings. The van der Waals surface area contributed by atoms with Crippen LogP contribution < -0.4 is 4.57 Å². The average Bonchev–Trinajstić information content (AvgIpc) is 3.32. The van der Waals surface area contributed by atoms with Crippen LogP contribution in [0.4, 0.5) is 0 Å². The van der Waals surface area contributed by atoms with Gasteiger partial charge in [-0.3, -0.25) is 0 Å². The van der Waals surface area contributed by atoms with Gasteiger partial charge in [0.25, 0.3) is 5.82 Å². The molecule has 0 spiro atoms. The first-order valence-electron chi connectivity index (χ1n) is 9.15. The summed E-state index contributed by atoms with van der Waals surface area (Å²) in [5.41, 5.74) is 8.52. The van der Waals surface area contributed by atoms with Gasteiger partial charge >= 0.3 is 0 Å². The minimum atomic E-state index is 0.954. The summed E-state index contributed by atoms with van der Waals surface area (Å²) < 4.78 is 11.2. The molecule has 6 rings (SSSR count). The van der Waals surface area contributed by atoms with Crippen LogP contribution in [0.5, 0.6) is 0 Å². The van der Waals surface area contributed by atoms with Gasteiger partial charge in [0, 0.05) is 22.8 Å². The van der Waals surface area contributed by atoms with Gasteiger partial charge in [0.05, 0.1) is 13.6 Å². The quantitative estimate of drug-likeness (QED) is 0.398. The fraction of sp³-hybridized carbons (Fsp3) is 0.174. The normalized spacial score (nSPS) is 13.5. The predicted octanol–water partition coefficient (Wildman–Crippen LogP) is 4.90. The SMILES string of the molecule is Cc1ccc2c(oc3ccccc32)c1-c1n(C)c2cccc3c2[n+]1CC3. The molecule has 1 aliphatic heterocycles. The third-order valence-electron chi connectivity index (χ3n) is 5.89. The molecule has 0 saturated carbocycles. The first-order chi connectivity index (χ1) is 12.7. The highest BCUT2D eigenvalue weighted by Crippen LogP contribution is 2.38. The van der Waals surface area contributed by atoms with E-state index in [0.717, 1.165) is 24.1 Å². The monoisotopic (exact) mass is 339 g/mol. The maximum atomic E-state index is 6.36. The number of aryl methyl sites for hydroxylation is 4. The van der Waals surface area contributed by atoms with Gasteiger partial charge in [0.2, 0.25) is 0 Å². The molecular formula is C23H19N2O+. The smallest absolute Gasteiger partial charge is 0.293 e. The zero-order chi connectivity index (χ0) is 17.4. The predicted molar refractivity (Wildman–Crippen MR) is 104 cm³/mol. The fourth-order valence-corrected chi connectivity index (χ4v) is 4.68. The fourth-order valence-electron chi connectivity index (χ4n) is 4.68. The van der Waals surface area contributed by atoms with Crippen molar-refractivity contribution in [2.24, 2.45) is 7.05 Å². The maximum Gasteiger partial charge on any atom is 0.293 e. The van der Waals surface area contributed by atoms with E-state index in [-0.39, 0.29) is 0 Å². The van der Waals surface area contributed by atoms with Crippen LogP contribution in [0.3, 0.4) is 0 Å². The lowest BCUT2D eigenvalue weighted by Gasteiger charge is -2.05. The van der Waals surface area contributed by atoms with E-state index < -0.39 is 0 Å². The first-order valence-corrected chi connectivity index (χ1v) is 9.15. The van der Waals surface area contributed by atoms with Crippen molar-refractivity contribution in [3.8, 4) is 11.4 Å². The molecule has 126 valence electrons. The van der Waals surface area contributed by atoms with E-state index in [1.54, 1.807) is 0 Å². The third-order valence-corrected chi connectivity index (χ3v) is 5.89. The number of hydrogen-bond donors (Lipinski definition) is 0. The molecule has 1 aliphatic rings. The lowest BCUT2D eigenvalue weighted by molar-refractivity contribution is -0.653. The Balaban J connectivity index is 1.81. The largest absolute Gasteiger partial charge is 0.455 e. The van der Waals surface area contributed by atoms with Crippen LogP contribution in [-0.2, 0) is 20.0 Å². The Morgan fingerprint density at radius 3 is 2.77 bits per heavy atom. The highest BCUT2D eigenvalue weighted by atomic mass is 16.3. The van der Waals surface area contributed by atoms with Gasteiger partial charge < -0.3 is 4.42 Å². The summed E-state index contributed by atoms with van der Waals surface area (Å²) in [4.78, 5) is 0. The number of furan rings is 1. The van der Waals surface area contributed by atoms with Crippen molar-refractivity contribution in [2.75, 3.05) is 0 Å². The highest BCUT2D eigenvalue weighted by Gasteiger charge is 2.33. The summed E-state index contributed by atoms with van der Waals surface area (Å²) in [6, 6.07) is 19.4. The van der Waals surface area contributed by atoms with Crippen molar-refractivity contribution in [2.45, 2.75) is 19.9 Å². The van der Waals surface area contributed by atoms with Gasteiger partial charge in [0.15, 0.2) is 16.6 Å². The highest BCUT2D eigenvalue weighted by molar-refractivity contribution is 6.09. The standard InChI is InChI=1S/C23H19N2O/c1-14-10-11-17-16-7-3-4-9-19(16)26-22(17)20(14)23-24(2)18-8-5-6-15-12-13-25(23)21(15)18/h3-11H,12-13H2,1-2H3/q+1. The van der Waals surface area contributed by atoms with E-state index in [2.05, 4.69) is 71.6 Å². The number of benzene rings is 3. The van der Waals surface area contributed by atoms with Crippen molar-refractivity contribution in [3.05, 3.63) is 65.7 Å². The van der Waals surface area contributed by atoms with Crippen LogP contribution in [0.1, 0.15) is 11.1 Å². The van der Waals surface area contributed by atoms with Gasteiger partial charge in [-0.2, -0.15) is 0 Å². The Bertz CT molecular complexity index is 1350. The molecular weight excluding hydrogens is 320 g/mol. The molecule has 0 bridgehead atoms. The van der Waals surface area contributed by atoms with Gasteiger partial charge in [-0.25, -0.2) is 9.13 Å². The molecule has 26 heavy (non-hydrogen) atoms. The molecule has 3 heteroatoms. The van der Waals surface area contributed by atoms with Crippen LogP contribution in [0, 0.1) is 6.92 Å². The van der Waals surface area contributed by atoms with E-state index in [4.69, 9.17) is 4.42 Å². The zero-order valence-corrected chi connectivity index (χ0v) is 14.9. The van der Waals surface area contributed by atoms with Gasteiger partial charge in [-0.05, 0) is 24.6 Å². The Morgan fingerprint density at radius 1 is 0.962 bits per heavy atom. The van der Waals surface area contributed by atoms with Crippen LogP contribution in [0.15, 0.2) is 59.0 Å². The molecule has 2 aromatic heterocycles. The Labute approximate surface area is 151 Å². The summed E-state index contributed by atoms with van der Waals surface area (Å²) in [5, 5.41) is 2.38.